The monoisotopic (exact) mass is 271 g/mol. The quantitative estimate of drug-likeness (QED) is 0.550. The summed E-state index contributed by atoms with van der Waals surface area (Å²) in [6.45, 7) is 0. The lowest BCUT2D eigenvalue weighted by Gasteiger charge is -2.08. The van der Waals surface area contributed by atoms with E-state index in [-0.39, 0.29) is 0 Å². The summed E-state index contributed by atoms with van der Waals surface area (Å²) >= 11 is 0. The fourth-order valence-corrected chi connectivity index (χ4v) is 2.55. The Morgan fingerprint density at radius 2 is 1.57 bits per heavy atom. The van der Waals surface area contributed by atoms with E-state index < -0.39 is 0 Å². The lowest BCUT2D eigenvalue weighted by Crippen LogP contribution is -1.97. The van der Waals surface area contributed by atoms with Crippen molar-refractivity contribution in [2.24, 2.45) is 0 Å². The molecule has 4 aromatic rings. The molecule has 0 unspecified atom stereocenters. The molecule has 0 radical (unpaired) electrons. The van der Waals surface area contributed by atoms with Crippen molar-refractivity contribution in [3.05, 3.63) is 79.1 Å². The maximum Gasteiger partial charge on any atom is 0.145 e. The average Bonchev–Trinajstić information content (AvgIpc) is 2.96. The SMILES string of the molecule is c1ccc(-c2nc3ccccc3n2-c2cccnc2)cc1. The van der Waals surface area contributed by atoms with Gasteiger partial charge < -0.3 is 0 Å². The number of benzene rings is 2. The van der Waals surface area contributed by atoms with Crippen molar-refractivity contribution in [3.8, 4) is 17.1 Å². The van der Waals surface area contributed by atoms with Crippen LogP contribution in [-0.2, 0) is 0 Å². The molecule has 0 atom stereocenters. The maximum absolute atomic E-state index is 4.79. The van der Waals surface area contributed by atoms with Gasteiger partial charge in [0, 0.05) is 11.8 Å². The fraction of sp³-hybridized carbons (Fsp3) is 0. The van der Waals surface area contributed by atoms with Crippen LogP contribution in [0, 0.1) is 0 Å². The molecule has 2 heterocycles. The Balaban J connectivity index is 2.07. The van der Waals surface area contributed by atoms with Crippen LogP contribution >= 0.6 is 0 Å². The summed E-state index contributed by atoms with van der Waals surface area (Å²) < 4.78 is 2.15. The van der Waals surface area contributed by atoms with E-state index in [0.29, 0.717) is 0 Å². The van der Waals surface area contributed by atoms with E-state index in [1.807, 2.05) is 54.7 Å². The summed E-state index contributed by atoms with van der Waals surface area (Å²) in [5.41, 5.74) is 4.19. The molecule has 0 N–H and O–H groups in total. The summed E-state index contributed by atoms with van der Waals surface area (Å²) in [5.74, 6) is 0.935. The molecule has 0 fully saturated rings. The van der Waals surface area contributed by atoms with Gasteiger partial charge >= 0.3 is 0 Å². The molecule has 0 saturated heterocycles. The number of nitrogens with zero attached hydrogens (tertiary/aromatic N) is 3. The van der Waals surface area contributed by atoms with E-state index in [0.717, 1.165) is 28.1 Å². The number of aromatic nitrogens is 3. The van der Waals surface area contributed by atoms with Crippen molar-refractivity contribution >= 4 is 11.0 Å². The van der Waals surface area contributed by atoms with Crippen molar-refractivity contribution in [3.63, 3.8) is 0 Å². The van der Waals surface area contributed by atoms with Gasteiger partial charge in [0.1, 0.15) is 5.82 Å². The van der Waals surface area contributed by atoms with Gasteiger partial charge in [-0.05, 0) is 24.3 Å². The zero-order valence-corrected chi connectivity index (χ0v) is 11.3. The zero-order chi connectivity index (χ0) is 14.1. The first kappa shape index (κ1) is 11.9. The third kappa shape index (κ3) is 1.99. The third-order valence-electron chi connectivity index (χ3n) is 3.50. The zero-order valence-electron chi connectivity index (χ0n) is 11.3. The first-order valence-electron chi connectivity index (χ1n) is 6.87. The third-order valence-corrected chi connectivity index (χ3v) is 3.50. The van der Waals surface area contributed by atoms with Crippen LogP contribution in [0.1, 0.15) is 0 Å². The summed E-state index contributed by atoms with van der Waals surface area (Å²) in [6.07, 6.45) is 3.64. The molecular weight excluding hydrogens is 258 g/mol. The Bertz CT molecular complexity index is 880. The summed E-state index contributed by atoms with van der Waals surface area (Å²) in [6, 6.07) is 22.4. The molecule has 0 bridgehead atoms. The first-order chi connectivity index (χ1) is 10.4. The highest BCUT2D eigenvalue weighted by Crippen LogP contribution is 2.27. The second kappa shape index (κ2) is 4.87. The van der Waals surface area contributed by atoms with E-state index in [1.54, 1.807) is 6.20 Å². The van der Waals surface area contributed by atoms with Gasteiger partial charge in [-0.1, -0.05) is 42.5 Å². The molecule has 0 aliphatic heterocycles. The Labute approximate surface area is 122 Å². The van der Waals surface area contributed by atoms with Crippen molar-refractivity contribution in [2.45, 2.75) is 0 Å². The minimum Gasteiger partial charge on any atom is -0.291 e. The topological polar surface area (TPSA) is 30.7 Å². The van der Waals surface area contributed by atoms with Gasteiger partial charge in [0.2, 0.25) is 0 Å². The normalized spacial score (nSPS) is 10.9. The van der Waals surface area contributed by atoms with Crippen LogP contribution in [0.4, 0.5) is 0 Å². The molecule has 4 rings (SSSR count). The predicted octanol–water partition coefficient (Wildman–Crippen LogP) is 4.09. The highest BCUT2D eigenvalue weighted by molar-refractivity contribution is 5.83. The van der Waals surface area contributed by atoms with Crippen LogP contribution in [0.15, 0.2) is 79.1 Å². The Kier molecular flexibility index (Phi) is 2.75. The average molecular weight is 271 g/mol. The Hall–Kier alpha value is -2.94. The largest absolute Gasteiger partial charge is 0.291 e. The van der Waals surface area contributed by atoms with Gasteiger partial charge in [-0.15, -0.1) is 0 Å². The highest BCUT2D eigenvalue weighted by Gasteiger charge is 2.13. The van der Waals surface area contributed by atoms with E-state index in [1.165, 1.54) is 0 Å². The van der Waals surface area contributed by atoms with Gasteiger partial charge in [-0.2, -0.15) is 0 Å². The number of para-hydroxylation sites is 2. The van der Waals surface area contributed by atoms with Crippen LogP contribution < -0.4 is 0 Å². The lowest BCUT2D eigenvalue weighted by atomic mass is 10.2. The number of hydrogen-bond acceptors (Lipinski definition) is 2. The Morgan fingerprint density at radius 1 is 0.762 bits per heavy atom. The molecule has 2 aromatic carbocycles. The number of pyridine rings is 1. The summed E-state index contributed by atoms with van der Waals surface area (Å²) in [5, 5.41) is 0. The van der Waals surface area contributed by atoms with Gasteiger partial charge in [-0.3, -0.25) is 9.55 Å². The van der Waals surface area contributed by atoms with Crippen molar-refractivity contribution in [1.29, 1.82) is 0 Å². The smallest absolute Gasteiger partial charge is 0.145 e. The van der Waals surface area contributed by atoms with E-state index in [4.69, 9.17) is 4.98 Å². The predicted molar refractivity (Wildman–Crippen MR) is 84.3 cm³/mol. The van der Waals surface area contributed by atoms with Gasteiger partial charge in [-0.25, -0.2) is 4.98 Å². The van der Waals surface area contributed by atoms with E-state index in [2.05, 4.69) is 27.8 Å². The van der Waals surface area contributed by atoms with Crippen LogP contribution in [0.3, 0.4) is 0 Å². The van der Waals surface area contributed by atoms with Crippen LogP contribution in [0.25, 0.3) is 28.1 Å². The fourth-order valence-electron chi connectivity index (χ4n) is 2.55. The van der Waals surface area contributed by atoms with E-state index >= 15 is 0 Å². The molecular formula is C18H13N3. The molecule has 0 spiro atoms. The summed E-state index contributed by atoms with van der Waals surface area (Å²) in [7, 11) is 0. The van der Waals surface area contributed by atoms with Gasteiger partial charge in [0.05, 0.1) is 22.9 Å². The molecule has 0 aliphatic rings. The van der Waals surface area contributed by atoms with Crippen molar-refractivity contribution in [1.82, 2.24) is 14.5 Å². The standard InChI is InChI=1S/C18H13N3/c1-2-7-14(8-3-1)18-20-16-10-4-5-11-17(16)21(18)15-9-6-12-19-13-15/h1-13H. The molecule has 2 aromatic heterocycles. The van der Waals surface area contributed by atoms with Crippen LogP contribution in [0.2, 0.25) is 0 Å². The van der Waals surface area contributed by atoms with E-state index in [9.17, 15) is 0 Å². The minimum absolute atomic E-state index is 0.935. The van der Waals surface area contributed by atoms with Crippen molar-refractivity contribution < 1.29 is 0 Å². The molecule has 3 nitrogen and oxygen atoms in total. The highest BCUT2D eigenvalue weighted by atomic mass is 15.1. The molecule has 0 aliphatic carbocycles. The summed E-state index contributed by atoms with van der Waals surface area (Å²) in [4.78, 5) is 9.03. The lowest BCUT2D eigenvalue weighted by molar-refractivity contribution is 1.08. The Morgan fingerprint density at radius 3 is 2.38 bits per heavy atom. The molecule has 21 heavy (non-hydrogen) atoms. The number of hydrogen-bond donors (Lipinski definition) is 0. The second-order valence-electron chi connectivity index (χ2n) is 4.84. The molecule has 0 amide bonds. The molecule has 3 heteroatoms. The maximum atomic E-state index is 4.79. The molecule has 0 saturated carbocycles. The first-order valence-corrected chi connectivity index (χ1v) is 6.87. The van der Waals surface area contributed by atoms with Gasteiger partial charge in [0.15, 0.2) is 0 Å². The van der Waals surface area contributed by atoms with Crippen molar-refractivity contribution in [2.75, 3.05) is 0 Å². The molecule has 100 valence electrons. The van der Waals surface area contributed by atoms with Crippen LogP contribution in [-0.4, -0.2) is 14.5 Å². The number of imidazole rings is 1. The van der Waals surface area contributed by atoms with Gasteiger partial charge in [0.25, 0.3) is 0 Å². The van der Waals surface area contributed by atoms with Crippen LogP contribution in [0.5, 0.6) is 0 Å². The minimum atomic E-state index is 0.935. The second-order valence-corrected chi connectivity index (χ2v) is 4.84. The number of fused-ring (bicyclic) bond motifs is 1. The number of rotatable bonds is 2.